The van der Waals surface area contributed by atoms with E-state index in [0.29, 0.717) is 30.2 Å². The zero-order valence-corrected chi connectivity index (χ0v) is 21.3. The van der Waals surface area contributed by atoms with Crippen LogP contribution in [0.3, 0.4) is 0 Å². The molecule has 1 heterocycles. The molecule has 4 aromatic rings. The lowest BCUT2D eigenvalue weighted by Gasteiger charge is -2.14. The third-order valence-corrected chi connectivity index (χ3v) is 6.94. The SMILES string of the molecule is C[C@@H](OC(=O)Nc1[nH]c(/C=C\C=N)nc1-c1ccc(-c2ccc(C3(C(=O)O)CC3)cc2)cc1)c1ccccc1. The highest BCUT2D eigenvalue weighted by atomic mass is 16.6. The zero-order valence-electron chi connectivity index (χ0n) is 21.3. The summed E-state index contributed by atoms with van der Waals surface area (Å²) in [5.74, 6) is 0.0914. The molecular weight excluding hydrogens is 492 g/mol. The number of H-pyrrole nitrogens is 1. The van der Waals surface area contributed by atoms with Crippen LogP contribution in [0.5, 0.6) is 0 Å². The highest BCUT2D eigenvalue weighted by Crippen LogP contribution is 2.48. The number of carboxylic acids is 1. The van der Waals surface area contributed by atoms with Crippen LogP contribution < -0.4 is 5.32 Å². The Hall–Kier alpha value is -4.98. The molecule has 0 radical (unpaired) electrons. The van der Waals surface area contributed by atoms with Gasteiger partial charge < -0.3 is 20.2 Å². The van der Waals surface area contributed by atoms with Gasteiger partial charge in [0, 0.05) is 11.8 Å². The van der Waals surface area contributed by atoms with Crippen LogP contribution in [0.4, 0.5) is 10.6 Å². The number of aromatic nitrogens is 2. The van der Waals surface area contributed by atoms with Crippen molar-refractivity contribution in [3.05, 3.63) is 102 Å². The van der Waals surface area contributed by atoms with Crippen LogP contribution in [0.2, 0.25) is 0 Å². The summed E-state index contributed by atoms with van der Waals surface area (Å²) in [6, 6.07) is 24.9. The van der Waals surface area contributed by atoms with Crippen molar-refractivity contribution in [3.63, 3.8) is 0 Å². The minimum absolute atomic E-state index is 0.380. The average molecular weight is 521 g/mol. The van der Waals surface area contributed by atoms with E-state index in [1.54, 1.807) is 13.0 Å². The molecule has 196 valence electrons. The van der Waals surface area contributed by atoms with Crippen LogP contribution in [0.1, 0.15) is 42.8 Å². The molecule has 1 saturated carbocycles. The van der Waals surface area contributed by atoms with E-state index in [1.807, 2.05) is 78.9 Å². The summed E-state index contributed by atoms with van der Waals surface area (Å²) in [5, 5.41) is 19.6. The second-order valence-corrected chi connectivity index (χ2v) is 9.50. The van der Waals surface area contributed by atoms with Gasteiger partial charge in [0.1, 0.15) is 23.4 Å². The van der Waals surface area contributed by atoms with E-state index in [2.05, 4.69) is 15.3 Å². The molecule has 4 N–H and O–H groups in total. The molecule has 1 amide bonds. The quantitative estimate of drug-likeness (QED) is 0.180. The lowest BCUT2D eigenvalue weighted by Crippen LogP contribution is -2.19. The molecule has 1 aliphatic carbocycles. The maximum absolute atomic E-state index is 12.7. The van der Waals surface area contributed by atoms with Gasteiger partial charge in [-0.05, 0) is 54.2 Å². The first-order chi connectivity index (χ1) is 18.9. The second-order valence-electron chi connectivity index (χ2n) is 9.50. The molecule has 1 aliphatic rings. The number of imidazole rings is 1. The Bertz CT molecular complexity index is 1520. The number of aliphatic carboxylic acids is 1. The second kappa shape index (κ2) is 10.8. The van der Waals surface area contributed by atoms with Crippen molar-refractivity contribution < 1.29 is 19.4 Å². The number of carbonyl (C=O) groups is 2. The third kappa shape index (κ3) is 5.50. The lowest BCUT2D eigenvalue weighted by atomic mass is 9.93. The number of hydrogen-bond acceptors (Lipinski definition) is 5. The molecule has 1 aromatic heterocycles. The molecule has 0 aliphatic heterocycles. The van der Waals surface area contributed by atoms with Gasteiger partial charge in [0.15, 0.2) is 0 Å². The number of hydrogen-bond donors (Lipinski definition) is 4. The Morgan fingerprint density at radius 2 is 1.62 bits per heavy atom. The number of carboxylic acid groups (broad SMARTS) is 1. The Balaban J connectivity index is 1.35. The largest absolute Gasteiger partial charge is 0.481 e. The van der Waals surface area contributed by atoms with Gasteiger partial charge in [-0.2, -0.15) is 0 Å². The number of carbonyl (C=O) groups excluding carboxylic acids is 1. The summed E-state index contributed by atoms with van der Waals surface area (Å²) in [6.45, 7) is 1.80. The van der Waals surface area contributed by atoms with Gasteiger partial charge in [0.05, 0.1) is 5.41 Å². The predicted octanol–water partition coefficient (Wildman–Crippen LogP) is 6.83. The summed E-state index contributed by atoms with van der Waals surface area (Å²) < 4.78 is 5.56. The number of nitrogens with zero attached hydrogens (tertiary/aromatic N) is 1. The molecule has 1 fully saturated rings. The summed E-state index contributed by atoms with van der Waals surface area (Å²) in [7, 11) is 0. The van der Waals surface area contributed by atoms with Crippen molar-refractivity contribution in [2.75, 3.05) is 5.32 Å². The maximum atomic E-state index is 12.7. The van der Waals surface area contributed by atoms with Crippen molar-refractivity contribution in [1.29, 1.82) is 5.41 Å². The molecule has 0 unspecified atom stereocenters. The van der Waals surface area contributed by atoms with Crippen LogP contribution >= 0.6 is 0 Å². The van der Waals surface area contributed by atoms with Crippen molar-refractivity contribution in [2.24, 2.45) is 0 Å². The molecule has 0 saturated heterocycles. The molecule has 8 nitrogen and oxygen atoms in total. The normalized spacial score (nSPS) is 14.5. The van der Waals surface area contributed by atoms with E-state index >= 15 is 0 Å². The Morgan fingerprint density at radius 3 is 2.21 bits per heavy atom. The molecule has 0 bridgehead atoms. The smallest absolute Gasteiger partial charge is 0.413 e. The molecule has 5 rings (SSSR count). The topological polar surface area (TPSA) is 128 Å². The number of ether oxygens (including phenoxy) is 1. The molecule has 3 aromatic carbocycles. The zero-order chi connectivity index (χ0) is 27.4. The van der Waals surface area contributed by atoms with E-state index < -0.39 is 23.6 Å². The van der Waals surface area contributed by atoms with Crippen LogP contribution in [0.25, 0.3) is 28.5 Å². The maximum Gasteiger partial charge on any atom is 0.413 e. The molecule has 39 heavy (non-hydrogen) atoms. The highest BCUT2D eigenvalue weighted by Gasteiger charge is 2.51. The monoisotopic (exact) mass is 520 g/mol. The summed E-state index contributed by atoms with van der Waals surface area (Å²) in [6.07, 6.45) is 4.60. The van der Waals surface area contributed by atoms with E-state index in [9.17, 15) is 14.7 Å². The number of allylic oxidation sites excluding steroid dienone is 1. The van der Waals surface area contributed by atoms with Gasteiger partial charge in [-0.15, -0.1) is 0 Å². The number of anilines is 1. The molecule has 8 heteroatoms. The summed E-state index contributed by atoms with van der Waals surface area (Å²) in [5.41, 5.74) is 4.23. The van der Waals surface area contributed by atoms with Crippen LogP contribution in [-0.4, -0.2) is 33.4 Å². The Morgan fingerprint density at radius 1 is 1.00 bits per heavy atom. The molecule has 0 spiro atoms. The van der Waals surface area contributed by atoms with E-state index in [1.165, 1.54) is 6.08 Å². The summed E-state index contributed by atoms with van der Waals surface area (Å²) >= 11 is 0. The first-order valence-corrected chi connectivity index (χ1v) is 12.6. The number of benzene rings is 3. The Labute approximate surface area is 225 Å². The average Bonchev–Trinajstić information content (AvgIpc) is 3.68. The fourth-order valence-corrected chi connectivity index (χ4v) is 4.55. The number of aromatic amines is 1. The standard InChI is InChI=1S/C31H28N4O4/c1-20(21-6-3-2-4-7-21)39-30(38)35-28-27(33-26(34-28)8-5-19-32)24-11-9-22(10-12-24)23-13-15-25(16-14-23)31(17-18-31)29(36)37/h2-16,19-20,32H,17-18H2,1H3,(H,33,34)(H,35,38)(H,36,37)/b8-5-,32-19?/t20-/m1/s1. The van der Waals surface area contributed by atoms with Crippen molar-refractivity contribution >= 4 is 30.2 Å². The van der Waals surface area contributed by atoms with Gasteiger partial charge in [0.25, 0.3) is 0 Å². The number of rotatable bonds is 9. The number of nitrogens with one attached hydrogen (secondary N) is 3. The van der Waals surface area contributed by atoms with Gasteiger partial charge in [0.2, 0.25) is 0 Å². The van der Waals surface area contributed by atoms with Gasteiger partial charge in [-0.1, -0.05) is 78.9 Å². The molecular formula is C31H28N4O4. The van der Waals surface area contributed by atoms with Crippen LogP contribution in [-0.2, 0) is 14.9 Å². The van der Waals surface area contributed by atoms with E-state index in [0.717, 1.165) is 34.0 Å². The van der Waals surface area contributed by atoms with Gasteiger partial charge >= 0.3 is 12.1 Å². The van der Waals surface area contributed by atoms with Crippen molar-refractivity contribution in [2.45, 2.75) is 31.3 Å². The predicted molar refractivity (Wildman–Crippen MR) is 151 cm³/mol. The first-order valence-electron chi connectivity index (χ1n) is 12.6. The van der Waals surface area contributed by atoms with E-state index in [-0.39, 0.29) is 0 Å². The highest BCUT2D eigenvalue weighted by molar-refractivity contribution is 5.90. The first kappa shape index (κ1) is 25.7. The Kier molecular flexibility index (Phi) is 7.10. The van der Waals surface area contributed by atoms with Crippen molar-refractivity contribution in [3.8, 4) is 22.4 Å². The van der Waals surface area contributed by atoms with E-state index in [4.69, 9.17) is 10.1 Å². The number of amides is 1. The lowest BCUT2D eigenvalue weighted by molar-refractivity contribution is -0.140. The minimum Gasteiger partial charge on any atom is -0.481 e. The fourth-order valence-electron chi connectivity index (χ4n) is 4.55. The van der Waals surface area contributed by atoms with Crippen molar-refractivity contribution in [1.82, 2.24) is 9.97 Å². The summed E-state index contributed by atoms with van der Waals surface area (Å²) in [4.78, 5) is 32.0. The fraction of sp³-hybridized carbons (Fsp3) is 0.161. The third-order valence-electron chi connectivity index (χ3n) is 6.94. The molecule has 1 atom stereocenters. The van der Waals surface area contributed by atoms with Gasteiger partial charge in [-0.3, -0.25) is 10.1 Å². The van der Waals surface area contributed by atoms with Crippen LogP contribution in [0, 0.1) is 5.41 Å². The van der Waals surface area contributed by atoms with Gasteiger partial charge in [-0.25, -0.2) is 9.78 Å². The van der Waals surface area contributed by atoms with Crippen LogP contribution in [0.15, 0.2) is 84.9 Å². The minimum atomic E-state index is -0.767.